The highest BCUT2D eigenvalue weighted by atomic mass is 15.1. The van der Waals surface area contributed by atoms with Gasteiger partial charge < -0.3 is 0 Å². The van der Waals surface area contributed by atoms with Gasteiger partial charge in [0, 0.05) is 26.0 Å². The molecule has 2 heterocycles. The second-order valence-electron chi connectivity index (χ2n) is 14.7. The Hall–Kier alpha value is -3.45. The van der Waals surface area contributed by atoms with Crippen molar-refractivity contribution >= 4 is 5.57 Å². The molecule has 0 aliphatic carbocycles. The lowest BCUT2D eigenvalue weighted by Gasteiger charge is -2.42. The lowest BCUT2D eigenvalue weighted by atomic mass is 9.65. The first-order valence-electron chi connectivity index (χ1n) is 19.2. The van der Waals surface area contributed by atoms with Gasteiger partial charge in [-0.05, 0) is 112 Å². The van der Waals surface area contributed by atoms with Crippen molar-refractivity contribution in [3.8, 4) is 11.3 Å². The van der Waals surface area contributed by atoms with Crippen LogP contribution in [0.25, 0.3) is 16.8 Å². The minimum Gasteiger partial charge on any atom is -0.193 e. The van der Waals surface area contributed by atoms with E-state index in [0.29, 0.717) is 0 Å². The number of allylic oxidation sites excluding steroid dienone is 12. The van der Waals surface area contributed by atoms with Gasteiger partial charge in [0.1, 0.15) is 0 Å². The first-order valence-corrected chi connectivity index (χ1v) is 19.2. The van der Waals surface area contributed by atoms with E-state index in [0.717, 1.165) is 12.8 Å². The highest BCUT2D eigenvalue weighted by Crippen LogP contribution is 2.46. The highest BCUT2D eigenvalue weighted by Gasteiger charge is 2.52. The van der Waals surface area contributed by atoms with Crippen molar-refractivity contribution in [2.45, 2.75) is 155 Å². The van der Waals surface area contributed by atoms with Gasteiger partial charge in [-0.3, -0.25) is 0 Å². The van der Waals surface area contributed by atoms with Crippen molar-refractivity contribution in [2.75, 3.05) is 0 Å². The van der Waals surface area contributed by atoms with Crippen LogP contribution in [0.3, 0.4) is 0 Å². The van der Waals surface area contributed by atoms with E-state index in [4.69, 9.17) is 0 Å². The molecule has 0 radical (unpaired) electrons. The van der Waals surface area contributed by atoms with Crippen molar-refractivity contribution < 1.29 is 4.57 Å². The van der Waals surface area contributed by atoms with Crippen LogP contribution in [0.1, 0.15) is 155 Å². The summed E-state index contributed by atoms with van der Waals surface area (Å²) < 4.78 is 2.44. The second-order valence-corrected chi connectivity index (χ2v) is 14.7. The maximum atomic E-state index is 4.17. The third-order valence-electron chi connectivity index (χ3n) is 9.14. The van der Waals surface area contributed by atoms with E-state index in [1.165, 1.54) is 56.7 Å². The van der Waals surface area contributed by atoms with Gasteiger partial charge in [0.15, 0.2) is 11.7 Å². The Morgan fingerprint density at radius 2 is 1.40 bits per heavy atom. The molecule has 3 rings (SSSR count). The molecule has 1 aliphatic rings. The van der Waals surface area contributed by atoms with Crippen LogP contribution in [0, 0.1) is 5.41 Å². The van der Waals surface area contributed by atoms with Crippen LogP contribution in [-0.4, -0.2) is 0 Å². The Morgan fingerprint density at radius 3 is 1.80 bits per heavy atom. The minimum atomic E-state index is -0.0171. The van der Waals surface area contributed by atoms with E-state index in [-0.39, 0.29) is 16.4 Å². The van der Waals surface area contributed by atoms with Crippen LogP contribution < -0.4 is 4.57 Å². The maximum Gasteiger partial charge on any atom is 0.213 e. The SMILES string of the molecule is C/C=C\CC.C=C(C)/C(CC)=C(C)/C=C\C.C=C/C(=C(\C=C/C)C(C)(C)C)c1ccc2c(c1)-c1cccc[n+]1C(C)(C)C2(C)C.CC.CCC. The standard InChI is InChI=1S/C28H36N.C11H18.C5H10.C3H8.C2H6/c1-10-14-23(26(3,4)5)21(11-2)20-16-17-24-22(19-20)25-15-12-13-18-29(25)28(8,9)27(24,6)7;1-6-8-10(5)11(7-2)9(3)4;1-3-5-4-2;1-3-2;1-2/h10-19H,2H2,1,3-9H3;6,8H,3,7H2,1-2,4-5H3;3,5H,4H2,1-2H3;3H2,1-2H3;1-2H3/q+1;;;;/b14-10-,23-21-;8-6-,11-10+;5-3-;;. The average Bonchev–Trinajstić information content (AvgIpc) is 3.06. The molecule has 2 aromatic rings. The predicted molar refractivity (Wildman–Crippen MR) is 231 cm³/mol. The van der Waals surface area contributed by atoms with Gasteiger partial charge in [0.05, 0.1) is 11.0 Å². The van der Waals surface area contributed by atoms with Crippen molar-refractivity contribution in [3.63, 3.8) is 0 Å². The van der Waals surface area contributed by atoms with Crippen LogP contribution in [0.4, 0.5) is 0 Å². The van der Waals surface area contributed by atoms with Crippen LogP contribution >= 0.6 is 0 Å². The summed E-state index contributed by atoms with van der Waals surface area (Å²) >= 11 is 0. The lowest BCUT2D eigenvalue weighted by molar-refractivity contribution is -0.760. The molecule has 1 aromatic carbocycles. The number of rotatable bonds is 7. The van der Waals surface area contributed by atoms with Crippen molar-refractivity contribution in [2.24, 2.45) is 5.41 Å². The molecular formula is C49H78N+. The Morgan fingerprint density at radius 1 is 0.840 bits per heavy atom. The fraction of sp³-hybridized carbons (Fsp3) is 0.490. The smallest absolute Gasteiger partial charge is 0.193 e. The molecule has 1 aliphatic heterocycles. The number of benzene rings is 1. The van der Waals surface area contributed by atoms with Crippen LogP contribution in [0.15, 0.2) is 121 Å². The van der Waals surface area contributed by atoms with Crippen molar-refractivity contribution in [3.05, 3.63) is 132 Å². The molecular weight excluding hydrogens is 603 g/mol. The van der Waals surface area contributed by atoms with Crippen LogP contribution in [-0.2, 0) is 11.0 Å². The van der Waals surface area contributed by atoms with Gasteiger partial charge in [-0.25, -0.2) is 0 Å². The lowest BCUT2D eigenvalue weighted by Crippen LogP contribution is -2.65. The number of pyridine rings is 1. The Balaban J connectivity index is 0. The van der Waals surface area contributed by atoms with E-state index in [1.807, 2.05) is 33.8 Å². The summed E-state index contributed by atoms with van der Waals surface area (Å²) in [4.78, 5) is 0. The van der Waals surface area contributed by atoms with Gasteiger partial charge in [-0.15, -0.1) is 0 Å². The number of hydrogen-bond acceptors (Lipinski definition) is 0. The fourth-order valence-electron chi connectivity index (χ4n) is 6.05. The van der Waals surface area contributed by atoms with E-state index >= 15 is 0 Å². The number of aromatic nitrogens is 1. The summed E-state index contributed by atoms with van der Waals surface area (Å²) in [5.74, 6) is 0. The van der Waals surface area contributed by atoms with E-state index in [2.05, 4.69) is 194 Å². The topological polar surface area (TPSA) is 3.88 Å². The Labute approximate surface area is 312 Å². The molecule has 0 fully saturated rings. The molecule has 0 unspecified atom stereocenters. The average molecular weight is 681 g/mol. The van der Waals surface area contributed by atoms with E-state index < -0.39 is 0 Å². The summed E-state index contributed by atoms with van der Waals surface area (Å²) in [6, 6.07) is 13.5. The number of nitrogens with zero attached hydrogens (tertiary/aromatic N) is 1. The largest absolute Gasteiger partial charge is 0.213 e. The molecule has 0 spiro atoms. The zero-order chi connectivity index (χ0) is 39.3. The van der Waals surface area contributed by atoms with Gasteiger partial charge in [0.25, 0.3) is 0 Å². The predicted octanol–water partition coefficient (Wildman–Crippen LogP) is 15.5. The molecule has 0 saturated carbocycles. The quantitative estimate of drug-likeness (QED) is 0.156. The summed E-state index contributed by atoms with van der Waals surface area (Å²) in [5, 5.41) is 0. The summed E-state index contributed by atoms with van der Waals surface area (Å²) in [7, 11) is 0. The molecule has 0 saturated heterocycles. The van der Waals surface area contributed by atoms with Crippen LogP contribution in [0.2, 0.25) is 0 Å². The Kier molecular flexibility index (Phi) is 23.2. The molecule has 1 nitrogen and oxygen atoms in total. The molecule has 278 valence electrons. The fourth-order valence-corrected chi connectivity index (χ4v) is 6.05. The highest BCUT2D eigenvalue weighted by molar-refractivity contribution is 5.82. The molecule has 1 aromatic heterocycles. The molecule has 0 bridgehead atoms. The van der Waals surface area contributed by atoms with Gasteiger partial charge >= 0.3 is 0 Å². The molecule has 0 atom stereocenters. The van der Waals surface area contributed by atoms with E-state index in [9.17, 15) is 0 Å². The maximum absolute atomic E-state index is 4.17. The molecule has 1 heteroatoms. The minimum absolute atomic E-state index is 0.00805. The van der Waals surface area contributed by atoms with Gasteiger partial charge in [-0.1, -0.05) is 142 Å². The Bertz CT molecular complexity index is 1470. The summed E-state index contributed by atoms with van der Waals surface area (Å²) in [5.41, 5.74) is 11.7. The normalized spacial score (nSPS) is 14.9. The molecule has 0 N–H and O–H groups in total. The number of fused-ring (bicyclic) bond motifs is 3. The third kappa shape index (κ3) is 13.4. The zero-order valence-electron chi connectivity index (χ0n) is 36.1. The van der Waals surface area contributed by atoms with Gasteiger partial charge in [0.2, 0.25) is 5.69 Å². The summed E-state index contributed by atoms with van der Waals surface area (Å²) in [6.45, 7) is 47.2. The summed E-state index contributed by atoms with van der Waals surface area (Å²) in [6.07, 6.45) is 20.4. The van der Waals surface area contributed by atoms with Crippen LogP contribution in [0.5, 0.6) is 0 Å². The first kappa shape index (κ1) is 48.7. The molecule has 50 heavy (non-hydrogen) atoms. The zero-order valence-corrected chi connectivity index (χ0v) is 36.1. The third-order valence-corrected chi connectivity index (χ3v) is 9.14. The molecule has 0 amide bonds. The van der Waals surface area contributed by atoms with Crippen molar-refractivity contribution in [1.29, 1.82) is 0 Å². The van der Waals surface area contributed by atoms with Crippen molar-refractivity contribution in [1.82, 2.24) is 0 Å². The second kappa shape index (κ2) is 23.9. The number of hydrogen-bond donors (Lipinski definition) is 0. The van der Waals surface area contributed by atoms with E-state index in [1.54, 1.807) is 0 Å². The first-order chi connectivity index (χ1) is 23.4. The monoisotopic (exact) mass is 681 g/mol. The van der Waals surface area contributed by atoms with Gasteiger partial charge in [-0.2, -0.15) is 4.57 Å².